The number of carbonyl (C=O) groups is 2. The first-order chi connectivity index (χ1) is 14.7. The largest absolute Gasteiger partial charge is 0.482 e. The van der Waals surface area contributed by atoms with Crippen molar-refractivity contribution in [1.29, 1.82) is 5.26 Å². The number of rotatable bonds is 0. The van der Waals surface area contributed by atoms with E-state index in [4.69, 9.17) is 10.5 Å². The fourth-order valence-corrected chi connectivity index (χ4v) is 3.51. The zero-order valence-corrected chi connectivity index (χ0v) is 16.9. The standard InChI is InChI=1S/C21H17FN6O3/c1-10-14-7-12(22)4-5-13(14)20(29)27(2)21(30)18-17(15(8-23)28(3)26-18)11-6-16(31-10)19(24)25-9-11/h4-7,9-10H,1-3H3,(H2,24,25)/t10-/m1/s1. The van der Waals surface area contributed by atoms with Crippen LogP contribution in [0.5, 0.6) is 5.75 Å². The number of aryl methyl sites for hydroxylation is 1. The zero-order chi connectivity index (χ0) is 22.4. The minimum absolute atomic E-state index is 0.0596. The smallest absolute Gasteiger partial charge is 0.281 e. The number of hydrogen-bond donors (Lipinski definition) is 1. The average Bonchev–Trinajstić information content (AvgIpc) is 3.09. The van der Waals surface area contributed by atoms with Gasteiger partial charge in [0.25, 0.3) is 11.8 Å². The van der Waals surface area contributed by atoms with Gasteiger partial charge in [-0.15, -0.1) is 0 Å². The molecule has 3 heterocycles. The molecule has 0 saturated carbocycles. The summed E-state index contributed by atoms with van der Waals surface area (Å²) in [5, 5.41) is 13.8. The Balaban J connectivity index is 2.04. The summed E-state index contributed by atoms with van der Waals surface area (Å²) in [6, 6.07) is 7.15. The van der Waals surface area contributed by atoms with Gasteiger partial charge >= 0.3 is 0 Å². The second-order valence-electron chi connectivity index (χ2n) is 7.08. The Morgan fingerprint density at radius 1 is 1.23 bits per heavy atom. The first-order valence-corrected chi connectivity index (χ1v) is 9.24. The van der Waals surface area contributed by atoms with E-state index < -0.39 is 23.7 Å². The Hall–Kier alpha value is -4.26. The van der Waals surface area contributed by atoms with Gasteiger partial charge in [0.2, 0.25) is 0 Å². The van der Waals surface area contributed by atoms with Crippen molar-refractivity contribution in [3.05, 3.63) is 58.8 Å². The van der Waals surface area contributed by atoms with E-state index in [0.717, 1.165) is 11.0 Å². The number of ether oxygens (including phenoxy) is 1. The molecule has 1 aromatic carbocycles. The minimum atomic E-state index is -0.791. The number of imide groups is 1. The number of carbonyl (C=O) groups excluding carboxylic acids is 2. The van der Waals surface area contributed by atoms with Crippen LogP contribution in [0.3, 0.4) is 0 Å². The maximum atomic E-state index is 14.0. The highest BCUT2D eigenvalue weighted by atomic mass is 19.1. The van der Waals surface area contributed by atoms with Crippen molar-refractivity contribution >= 4 is 17.6 Å². The number of halogens is 1. The summed E-state index contributed by atoms with van der Waals surface area (Å²) < 4.78 is 21.2. The van der Waals surface area contributed by atoms with Crippen LogP contribution in [0.25, 0.3) is 11.1 Å². The topological polar surface area (TPSA) is 127 Å². The predicted molar refractivity (Wildman–Crippen MR) is 107 cm³/mol. The van der Waals surface area contributed by atoms with Crippen LogP contribution in [-0.2, 0) is 7.05 Å². The van der Waals surface area contributed by atoms with Crippen molar-refractivity contribution in [2.24, 2.45) is 7.05 Å². The molecule has 1 aliphatic rings. The molecular weight excluding hydrogens is 403 g/mol. The summed E-state index contributed by atoms with van der Waals surface area (Å²) in [7, 11) is 2.81. The number of fused-ring (bicyclic) bond motifs is 5. The lowest BCUT2D eigenvalue weighted by Gasteiger charge is -2.22. The van der Waals surface area contributed by atoms with E-state index >= 15 is 0 Å². The van der Waals surface area contributed by atoms with Crippen LogP contribution in [0, 0.1) is 17.1 Å². The summed E-state index contributed by atoms with van der Waals surface area (Å²) in [4.78, 5) is 31.4. The molecule has 10 heteroatoms. The van der Waals surface area contributed by atoms with Gasteiger partial charge in [0.15, 0.2) is 17.3 Å². The second-order valence-corrected chi connectivity index (χ2v) is 7.08. The van der Waals surface area contributed by atoms with E-state index in [1.165, 1.54) is 43.2 Å². The number of nitriles is 1. The second kappa shape index (κ2) is 7.21. The molecule has 2 bridgehead atoms. The molecule has 0 saturated heterocycles. The third-order valence-corrected chi connectivity index (χ3v) is 5.12. The Kier molecular flexibility index (Phi) is 4.66. The van der Waals surface area contributed by atoms with Gasteiger partial charge in [-0.25, -0.2) is 9.37 Å². The van der Waals surface area contributed by atoms with Gasteiger partial charge in [0, 0.05) is 37.0 Å². The molecule has 2 N–H and O–H groups in total. The number of benzene rings is 1. The lowest BCUT2D eigenvalue weighted by Crippen LogP contribution is -2.35. The maximum absolute atomic E-state index is 14.0. The molecule has 4 rings (SSSR count). The van der Waals surface area contributed by atoms with Crippen molar-refractivity contribution in [1.82, 2.24) is 19.7 Å². The highest BCUT2D eigenvalue weighted by molar-refractivity contribution is 6.12. The van der Waals surface area contributed by atoms with Crippen LogP contribution < -0.4 is 10.5 Å². The number of nitrogens with two attached hydrogens (primary N) is 1. The van der Waals surface area contributed by atoms with Crippen LogP contribution in [0.15, 0.2) is 30.5 Å². The molecule has 0 aliphatic carbocycles. The number of nitrogen functional groups attached to an aromatic ring is 1. The predicted octanol–water partition coefficient (Wildman–Crippen LogP) is 2.44. The molecule has 1 atom stereocenters. The fraction of sp³-hybridized carbons (Fsp3) is 0.190. The first-order valence-electron chi connectivity index (χ1n) is 9.24. The Morgan fingerprint density at radius 3 is 2.68 bits per heavy atom. The lowest BCUT2D eigenvalue weighted by atomic mass is 10.00. The fourth-order valence-electron chi connectivity index (χ4n) is 3.51. The van der Waals surface area contributed by atoms with Crippen molar-refractivity contribution < 1.29 is 18.7 Å². The molecule has 156 valence electrons. The van der Waals surface area contributed by atoms with Gasteiger partial charge in [0.1, 0.15) is 23.7 Å². The number of amides is 2. The summed E-state index contributed by atoms with van der Waals surface area (Å²) in [6.07, 6.45) is 0.601. The number of hydrogen-bond acceptors (Lipinski definition) is 7. The summed E-state index contributed by atoms with van der Waals surface area (Å²) in [5.41, 5.74) is 6.87. The third kappa shape index (κ3) is 3.16. The number of anilines is 1. The van der Waals surface area contributed by atoms with Crippen molar-refractivity contribution in [2.75, 3.05) is 12.8 Å². The highest BCUT2D eigenvalue weighted by Gasteiger charge is 2.32. The van der Waals surface area contributed by atoms with Gasteiger partial charge in [-0.2, -0.15) is 10.4 Å². The molecule has 9 nitrogen and oxygen atoms in total. The normalized spacial score (nSPS) is 15.8. The third-order valence-electron chi connectivity index (χ3n) is 5.12. The Labute approximate surface area is 176 Å². The van der Waals surface area contributed by atoms with E-state index in [9.17, 15) is 19.2 Å². The van der Waals surface area contributed by atoms with Crippen LogP contribution >= 0.6 is 0 Å². The monoisotopic (exact) mass is 420 g/mol. The molecular formula is C21H17FN6O3. The Bertz CT molecular complexity index is 1290. The highest BCUT2D eigenvalue weighted by Crippen LogP contribution is 2.35. The minimum Gasteiger partial charge on any atom is -0.482 e. The molecule has 2 aromatic heterocycles. The maximum Gasteiger partial charge on any atom is 0.281 e. The van der Waals surface area contributed by atoms with E-state index in [1.54, 1.807) is 6.92 Å². The van der Waals surface area contributed by atoms with Crippen molar-refractivity contribution in [2.45, 2.75) is 13.0 Å². The van der Waals surface area contributed by atoms with Crippen molar-refractivity contribution in [3.63, 3.8) is 0 Å². The molecule has 0 unspecified atom stereocenters. The molecule has 0 fully saturated rings. The van der Waals surface area contributed by atoms with Crippen LogP contribution in [0.4, 0.5) is 10.2 Å². The SMILES string of the molecule is C[C@H]1Oc2cc(cnc2N)-c2c(nn(C)c2C#N)C(=O)N(C)C(=O)c2ccc(F)cc21. The Morgan fingerprint density at radius 2 is 1.97 bits per heavy atom. The molecule has 3 aromatic rings. The molecule has 2 amide bonds. The average molecular weight is 420 g/mol. The van der Waals surface area contributed by atoms with E-state index in [0.29, 0.717) is 5.56 Å². The van der Waals surface area contributed by atoms with E-state index in [2.05, 4.69) is 10.1 Å². The number of pyridine rings is 1. The molecule has 0 spiro atoms. The number of aromatic nitrogens is 3. The van der Waals surface area contributed by atoms with E-state index in [1.807, 2.05) is 6.07 Å². The van der Waals surface area contributed by atoms with Gasteiger partial charge in [-0.3, -0.25) is 19.2 Å². The molecule has 1 aliphatic heterocycles. The van der Waals surface area contributed by atoms with Crippen LogP contribution in [0.2, 0.25) is 0 Å². The van der Waals surface area contributed by atoms with Crippen molar-refractivity contribution in [3.8, 4) is 22.9 Å². The molecule has 31 heavy (non-hydrogen) atoms. The van der Waals surface area contributed by atoms with Gasteiger partial charge < -0.3 is 10.5 Å². The summed E-state index contributed by atoms with van der Waals surface area (Å²) in [5.74, 6) is -1.73. The van der Waals surface area contributed by atoms with Gasteiger partial charge in [-0.05, 0) is 31.2 Å². The molecule has 0 radical (unpaired) electrons. The van der Waals surface area contributed by atoms with E-state index in [-0.39, 0.29) is 39.6 Å². The summed E-state index contributed by atoms with van der Waals surface area (Å²) in [6.45, 7) is 1.63. The first kappa shape index (κ1) is 20.0. The van der Waals surface area contributed by atoms with Gasteiger partial charge in [0.05, 0.1) is 5.56 Å². The summed E-state index contributed by atoms with van der Waals surface area (Å²) >= 11 is 0. The lowest BCUT2D eigenvalue weighted by molar-refractivity contribution is 0.0649. The quantitative estimate of drug-likeness (QED) is 0.553. The van der Waals surface area contributed by atoms with Crippen LogP contribution in [0.1, 0.15) is 45.1 Å². The number of nitrogens with zero attached hydrogens (tertiary/aromatic N) is 5. The van der Waals surface area contributed by atoms with Crippen LogP contribution in [-0.4, -0.2) is 38.5 Å². The zero-order valence-electron chi connectivity index (χ0n) is 16.9. The van der Waals surface area contributed by atoms with Gasteiger partial charge in [-0.1, -0.05) is 0 Å².